The Labute approximate surface area is 142 Å². The molecule has 0 atom stereocenters. The summed E-state index contributed by atoms with van der Waals surface area (Å²) < 4.78 is 6.64. The molecule has 0 radical (unpaired) electrons. The van der Waals surface area contributed by atoms with Gasteiger partial charge >= 0.3 is 0 Å². The van der Waals surface area contributed by atoms with Crippen molar-refractivity contribution in [1.82, 2.24) is 19.8 Å². The molecule has 0 spiro atoms. The molecule has 1 N–H and O–H groups in total. The molecule has 0 aromatic carbocycles. The van der Waals surface area contributed by atoms with Gasteiger partial charge in [0.1, 0.15) is 10.6 Å². The van der Waals surface area contributed by atoms with Gasteiger partial charge in [0.2, 0.25) is 5.91 Å². The number of hydrogen-bond donors (Lipinski definition) is 1. The maximum Gasteiger partial charge on any atom is 0.264 e. The van der Waals surface area contributed by atoms with Gasteiger partial charge in [-0.3, -0.25) is 14.3 Å². The number of amides is 2. The van der Waals surface area contributed by atoms with Crippen molar-refractivity contribution in [1.29, 1.82) is 0 Å². The van der Waals surface area contributed by atoms with Crippen LogP contribution in [0.4, 0.5) is 5.82 Å². The maximum absolute atomic E-state index is 12.5. The van der Waals surface area contributed by atoms with E-state index in [1.165, 1.54) is 16.2 Å². The molecule has 126 valence electrons. The van der Waals surface area contributed by atoms with Crippen LogP contribution in [0, 0.1) is 13.8 Å². The standard InChI is InChI=1S/C15H17N5O3S/c1-8-5-12(18-23-8)16-13(21)7-19(3)14(22)11-6-10-9(2)17-20(4)15(10)24-11/h5-6H,7H2,1-4H3,(H,16,18,21). The number of aromatic nitrogens is 3. The number of likely N-dealkylation sites (N-methyl/N-ethyl adjacent to an activating group) is 1. The highest BCUT2D eigenvalue weighted by molar-refractivity contribution is 7.20. The molecule has 3 aromatic rings. The summed E-state index contributed by atoms with van der Waals surface area (Å²) in [6.45, 7) is 3.56. The second-order valence-electron chi connectivity index (χ2n) is 5.57. The molecule has 8 nitrogen and oxygen atoms in total. The first-order chi connectivity index (χ1) is 11.3. The van der Waals surface area contributed by atoms with Crippen molar-refractivity contribution in [3.63, 3.8) is 0 Å². The van der Waals surface area contributed by atoms with E-state index in [9.17, 15) is 9.59 Å². The lowest BCUT2D eigenvalue weighted by Crippen LogP contribution is -2.34. The molecule has 3 heterocycles. The Morgan fingerprint density at radius 2 is 2.12 bits per heavy atom. The molecule has 0 aliphatic rings. The van der Waals surface area contributed by atoms with Crippen molar-refractivity contribution >= 4 is 39.2 Å². The predicted molar refractivity (Wildman–Crippen MR) is 90.2 cm³/mol. The highest BCUT2D eigenvalue weighted by atomic mass is 32.1. The van der Waals surface area contributed by atoms with Crippen molar-refractivity contribution in [2.24, 2.45) is 7.05 Å². The highest BCUT2D eigenvalue weighted by Gasteiger charge is 2.20. The number of thiophene rings is 1. The summed E-state index contributed by atoms with van der Waals surface area (Å²) in [5, 5.41) is 11.6. The van der Waals surface area contributed by atoms with Crippen LogP contribution in [0.15, 0.2) is 16.7 Å². The van der Waals surface area contributed by atoms with Gasteiger partial charge in [0.15, 0.2) is 5.82 Å². The minimum Gasteiger partial charge on any atom is -0.360 e. The van der Waals surface area contributed by atoms with Crippen molar-refractivity contribution < 1.29 is 14.1 Å². The van der Waals surface area contributed by atoms with Gasteiger partial charge in [0.05, 0.1) is 17.1 Å². The molecule has 0 aliphatic heterocycles. The van der Waals surface area contributed by atoms with Crippen molar-refractivity contribution in [2.45, 2.75) is 13.8 Å². The van der Waals surface area contributed by atoms with Crippen LogP contribution in [0.5, 0.6) is 0 Å². The van der Waals surface area contributed by atoms with Crippen molar-refractivity contribution in [2.75, 3.05) is 18.9 Å². The molecule has 0 bridgehead atoms. The number of carbonyl (C=O) groups excluding carboxylic acids is 2. The van der Waals surface area contributed by atoms with E-state index in [1.54, 1.807) is 24.7 Å². The number of rotatable bonds is 4. The Balaban J connectivity index is 1.69. The average Bonchev–Trinajstić information content (AvgIpc) is 3.17. The molecule has 3 rings (SSSR count). The molecule has 3 aromatic heterocycles. The van der Waals surface area contributed by atoms with E-state index < -0.39 is 0 Å². The summed E-state index contributed by atoms with van der Waals surface area (Å²) >= 11 is 1.37. The van der Waals surface area contributed by atoms with Crippen LogP contribution in [0.3, 0.4) is 0 Å². The van der Waals surface area contributed by atoms with Gasteiger partial charge < -0.3 is 14.7 Å². The number of nitrogens with zero attached hydrogens (tertiary/aromatic N) is 4. The van der Waals surface area contributed by atoms with Crippen LogP contribution < -0.4 is 5.32 Å². The maximum atomic E-state index is 12.5. The lowest BCUT2D eigenvalue weighted by atomic mass is 10.3. The number of fused-ring (bicyclic) bond motifs is 1. The van der Waals surface area contributed by atoms with Crippen molar-refractivity contribution in [3.8, 4) is 0 Å². The normalized spacial score (nSPS) is 11.0. The van der Waals surface area contributed by atoms with E-state index in [-0.39, 0.29) is 18.4 Å². The molecule has 9 heteroatoms. The fourth-order valence-electron chi connectivity index (χ4n) is 2.39. The summed E-state index contributed by atoms with van der Waals surface area (Å²) in [7, 11) is 3.43. The van der Waals surface area contributed by atoms with Crippen LogP contribution >= 0.6 is 11.3 Å². The van der Waals surface area contributed by atoms with Gasteiger partial charge in [-0.2, -0.15) is 5.10 Å². The molecule has 2 amide bonds. The fraction of sp³-hybridized carbons (Fsp3) is 0.333. The zero-order valence-corrected chi connectivity index (χ0v) is 14.6. The molecule has 0 fully saturated rings. The highest BCUT2D eigenvalue weighted by Crippen LogP contribution is 2.28. The van der Waals surface area contributed by atoms with E-state index in [0.717, 1.165) is 15.9 Å². The first kappa shape index (κ1) is 16.2. The second kappa shape index (κ2) is 6.08. The van der Waals surface area contributed by atoms with E-state index in [1.807, 2.05) is 20.0 Å². The average molecular weight is 347 g/mol. The SMILES string of the molecule is Cc1cc(NC(=O)CN(C)C(=O)c2cc3c(C)nn(C)c3s2)no1. The topological polar surface area (TPSA) is 93.3 Å². The Hall–Kier alpha value is -2.68. The van der Waals surface area contributed by atoms with Crippen LogP contribution in [0.25, 0.3) is 10.2 Å². The molecular formula is C15H17N5O3S. The van der Waals surface area contributed by atoms with Gasteiger partial charge in [-0.1, -0.05) is 5.16 Å². The van der Waals surface area contributed by atoms with Crippen LogP contribution in [0.1, 0.15) is 21.1 Å². The summed E-state index contributed by atoms with van der Waals surface area (Å²) in [5.74, 6) is 0.395. The minimum absolute atomic E-state index is 0.0732. The third-order valence-electron chi connectivity index (χ3n) is 3.53. The van der Waals surface area contributed by atoms with Gasteiger partial charge in [0, 0.05) is 25.5 Å². The van der Waals surface area contributed by atoms with Crippen LogP contribution in [-0.4, -0.2) is 45.2 Å². The predicted octanol–water partition coefficient (Wildman–Crippen LogP) is 1.95. The third kappa shape index (κ3) is 3.02. The number of carbonyl (C=O) groups is 2. The molecule has 0 unspecified atom stereocenters. The third-order valence-corrected chi connectivity index (χ3v) is 4.72. The van der Waals surface area contributed by atoms with Gasteiger partial charge in [-0.25, -0.2) is 0 Å². The Kier molecular flexibility index (Phi) is 4.10. The smallest absolute Gasteiger partial charge is 0.264 e. The molecule has 0 saturated heterocycles. The first-order valence-electron chi connectivity index (χ1n) is 7.27. The lowest BCUT2D eigenvalue weighted by molar-refractivity contribution is -0.116. The molecule has 24 heavy (non-hydrogen) atoms. The number of aryl methyl sites for hydroxylation is 3. The van der Waals surface area contributed by atoms with Gasteiger partial charge in [-0.05, 0) is 19.9 Å². The number of nitrogens with one attached hydrogen (secondary N) is 1. The van der Waals surface area contributed by atoms with Gasteiger partial charge in [-0.15, -0.1) is 11.3 Å². The summed E-state index contributed by atoms with van der Waals surface area (Å²) in [6, 6.07) is 3.43. The van der Waals surface area contributed by atoms with E-state index in [2.05, 4.69) is 15.6 Å². The van der Waals surface area contributed by atoms with Crippen LogP contribution in [0.2, 0.25) is 0 Å². The quantitative estimate of drug-likeness (QED) is 0.778. The van der Waals surface area contributed by atoms with E-state index in [4.69, 9.17) is 4.52 Å². The molecule has 0 aliphatic carbocycles. The summed E-state index contributed by atoms with van der Waals surface area (Å²) in [4.78, 5) is 27.4. The molecular weight excluding hydrogens is 330 g/mol. The fourth-order valence-corrected chi connectivity index (χ4v) is 3.51. The van der Waals surface area contributed by atoms with Gasteiger partial charge in [0.25, 0.3) is 5.91 Å². The summed E-state index contributed by atoms with van der Waals surface area (Å²) in [5.41, 5.74) is 0.879. The minimum atomic E-state index is -0.335. The first-order valence-corrected chi connectivity index (χ1v) is 8.08. The zero-order valence-electron chi connectivity index (χ0n) is 13.8. The van der Waals surface area contributed by atoms with E-state index in [0.29, 0.717) is 16.5 Å². The largest absolute Gasteiger partial charge is 0.360 e. The molecule has 0 saturated carbocycles. The Morgan fingerprint density at radius 3 is 2.75 bits per heavy atom. The Morgan fingerprint density at radius 1 is 1.38 bits per heavy atom. The second-order valence-corrected chi connectivity index (χ2v) is 6.60. The van der Waals surface area contributed by atoms with Crippen molar-refractivity contribution in [3.05, 3.63) is 28.5 Å². The van der Waals surface area contributed by atoms with Crippen LogP contribution in [-0.2, 0) is 11.8 Å². The monoisotopic (exact) mass is 347 g/mol. The zero-order chi connectivity index (χ0) is 17.4. The number of anilines is 1. The Bertz CT molecular complexity index is 888. The lowest BCUT2D eigenvalue weighted by Gasteiger charge is -2.15. The number of hydrogen-bond acceptors (Lipinski definition) is 6. The summed E-state index contributed by atoms with van der Waals surface area (Å²) in [6.07, 6.45) is 0. The van der Waals surface area contributed by atoms with E-state index >= 15 is 0 Å².